The number of carbonyl (C=O) groups excluding carboxylic acids is 1. The molecule has 2 rings (SSSR count). The summed E-state index contributed by atoms with van der Waals surface area (Å²) in [6.07, 6.45) is 3.83. The summed E-state index contributed by atoms with van der Waals surface area (Å²) in [4.78, 5) is 14.8. The van der Waals surface area contributed by atoms with Gasteiger partial charge in [0.05, 0.1) is 6.42 Å². The van der Waals surface area contributed by atoms with E-state index in [1.54, 1.807) is 6.20 Å². The molecule has 80 valence electrons. The van der Waals surface area contributed by atoms with Gasteiger partial charge in [-0.05, 0) is 22.8 Å². The molecule has 3 nitrogen and oxygen atoms in total. The number of pyridine rings is 1. The number of nitrogens with two attached hydrogens (primary N) is 1. The lowest BCUT2D eigenvalue weighted by molar-refractivity contribution is -0.117. The predicted octanol–water partition coefficient (Wildman–Crippen LogP) is 1.78. The van der Waals surface area contributed by atoms with Crippen LogP contribution in [0.5, 0.6) is 0 Å². The van der Waals surface area contributed by atoms with E-state index < -0.39 is 0 Å². The second-order valence-corrected chi connectivity index (χ2v) is 3.58. The molecule has 1 aromatic heterocycles. The summed E-state index contributed by atoms with van der Waals surface area (Å²) in [5.74, 6) is -0.311. The predicted molar refractivity (Wildman–Crippen MR) is 62.6 cm³/mol. The van der Waals surface area contributed by atoms with Crippen molar-refractivity contribution >= 4 is 5.91 Å². The lowest BCUT2D eigenvalue weighted by Crippen LogP contribution is -2.13. The van der Waals surface area contributed by atoms with Gasteiger partial charge in [-0.1, -0.05) is 30.3 Å². The van der Waals surface area contributed by atoms with Crippen molar-refractivity contribution in [1.29, 1.82) is 0 Å². The molecule has 0 bridgehead atoms. The first-order valence-corrected chi connectivity index (χ1v) is 5.03. The normalized spacial score (nSPS) is 10.0. The summed E-state index contributed by atoms with van der Waals surface area (Å²) < 4.78 is 0. The molecule has 0 radical (unpaired) electrons. The van der Waals surface area contributed by atoms with Gasteiger partial charge in [0.15, 0.2) is 0 Å². The van der Waals surface area contributed by atoms with E-state index in [4.69, 9.17) is 5.73 Å². The Morgan fingerprint density at radius 3 is 2.44 bits per heavy atom. The van der Waals surface area contributed by atoms with Crippen molar-refractivity contribution in [3.8, 4) is 11.1 Å². The molecule has 2 aromatic rings. The van der Waals surface area contributed by atoms with Gasteiger partial charge in [-0.3, -0.25) is 9.78 Å². The fourth-order valence-corrected chi connectivity index (χ4v) is 1.55. The minimum Gasteiger partial charge on any atom is -0.369 e. The van der Waals surface area contributed by atoms with Gasteiger partial charge >= 0.3 is 0 Å². The Kier molecular flexibility index (Phi) is 2.96. The van der Waals surface area contributed by atoms with E-state index >= 15 is 0 Å². The second kappa shape index (κ2) is 4.57. The Hall–Kier alpha value is -2.16. The Morgan fingerprint density at radius 1 is 1.12 bits per heavy atom. The van der Waals surface area contributed by atoms with Crippen LogP contribution in [0.1, 0.15) is 5.56 Å². The number of primary amides is 1. The SMILES string of the molecule is NC(=O)Cc1ccc(-c2cccnc2)cc1. The third kappa shape index (κ3) is 2.45. The topological polar surface area (TPSA) is 56.0 Å². The van der Waals surface area contributed by atoms with E-state index in [0.717, 1.165) is 16.7 Å². The Balaban J connectivity index is 2.23. The molecule has 3 heteroatoms. The van der Waals surface area contributed by atoms with Crippen LogP contribution in [0.2, 0.25) is 0 Å². The molecule has 0 saturated heterocycles. The fourth-order valence-electron chi connectivity index (χ4n) is 1.55. The zero-order valence-electron chi connectivity index (χ0n) is 8.76. The van der Waals surface area contributed by atoms with Gasteiger partial charge in [0, 0.05) is 12.4 Å². The number of amides is 1. The molecule has 1 amide bonds. The summed E-state index contributed by atoms with van der Waals surface area (Å²) >= 11 is 0. The molecule has 0 unspecified atom stereocenters. The number of nitrogens with zero attached hydrogens (tertiary/aromatic N) is 1. The van der Waals surface area contributed by atoms with Crippen LogP contribution >= 0.6 is 0 Å². The minimum absolute atomic E-state index is 0.285. The van der Waals surface area contributed by atoms with Crippen molar-refractivity contribution in [2.24, 2.45) is 5.73 Å². The molecule has 1 aromatic carbocycles. The summed E-state index contributed by atoms with van der Waals surface area (Å²) in [7, 11) is 0. The van der Waals surface area contributed by atoms with Crippen molar-refractivity contribution in [2.75, 3.05) is 0 Å². The van der Waals surface area contributed by atoms with E-state index in [0.29, 0.717) is 0 Å². The number of hydrogen-bond acceptors (Lipinski definition) is 2. The third-order valence-corrected chi connectivity index (χ3v) is 2.33. The maximum absolute atomic E-state index is 10.7. The molecular formula is C13H12N2O. The van der Waals surface area contributed by atoms with Crippen molar-refractivity contribution < 1.29 is 4.79 Å². The first-order chi connectivity index (χ1) is 7.75. The molecule has 0 fully saturated rings. The number of rotatable bonds is 3. The van der Waals surface area contributed by atoms with E-state index in [2.05, 4.69) is 4.98 Å². The quantitative estimate of drug-likeness (QED) is 0.843. The van der Waals surface area contributed by atoms with Crippen LogP contribution < -0.4 is 5.73 Å². The molecule has 0 saturated carbocycles. The molecule has 0 spiro atoms. The number of carbonyl (C=O) groups is 1. The van der Waals surface area contributed by atoms with Crippen molar-refractivity contribution in [2.45, 2.75) is 6.42 Å². The lowest BCUT2D eigenvalue weighted by atomic mass is 10.0. The highest BCUT2D eigenvalue weighted by Gasteiger charge is 2.00. The molecule has 2 N–H and O–H groups in total. The highest BCUT2D eigenvalue weighted by Crippen LogP contribution is 2.18. The van der Waals surface area contributed by atoms with Crippen molar-refractivity contribution in [1.82, 2.24) is 4.98 Å². The molecule has 0 aliphatic rings. The van der Waals surface area contributed by atoms with Gasteiger partial charge in [-0.2, -0.15) is 0 Å². The first-order valence-electron chi connectivity index (χ1n) is 5.03. The smallest absolute Gasteiger partial charge is 0.221 e. The summed E-state index contributed by atoms with van der Waals surface area (Å²) in [5, 5.41) is 0. The van der Waals surface area contributed by atoms with Gasteiger partial charge in [-0.25, -0.2) is 0 Å². The number of hydrogen-bond donors (Lipinski definition) is 1. The van der Waals surface area contributed by atoms with Gasteiger partial charge in [0.25, 0.3) is 0 Å². The summed E-state index contributed by atoms with van der Waals surface area (Å²) in [5.41, 5.74) is 8.20. The zero-order chi connectivity index (χ0) is 11.4. The maximum Gasteiger partial charge on any atom is 0.221 e. The van der Waals surface area contributed by atoms with Crippen LogP contribution in [0.15, 0.2) is 48.8 Å². The Morgan fingerprint density at radius 2 is 1.88 bits per heavy atom. The maximum atomic E-state index is 10.7. The first kappa shape index (κ1) is 10.4. The van der Waals surface area contributed by atoms with Crippen LogP contribution in [0.4, 0.5) is 0 Å². The Bertz CT molecular complexity index is 477. The second-order valence-electron chi connectivity index (χ2n) is 3.58. The molecule has 16 heavy (non-hydrogen) atoms. The van der Waals surface area contributed by atoms with Gasteiger partial charge in [-0.15, -0.1) is 0 Å². The summed E-state index contributed by atoms with van der Waals surface area (Å²) in [6.45, 7) is 0. The molecule has 0 atom stereocenters. The average Bonchev–Trinajstić information content (AvgIpc) is 2.30. The lowest BCUT2D eigenvalue weighted by Gasteiger charge is -2.02. The number of aromatic nitrogens is 1. The van der Waals surface area contributed by atoms with Gasteiger partial charge in [0.1, 0.15) is 0 Å². The highest BCUT2D eigenvalue weighted by atomic mass is 16.1. The number of benzene rings is 1. The van der Waals surface area contributed by atoms with Crippen molar-refractivity contribution in [3.63, 3.8) is 0 Å². The standard InChI is InChI=1S/C13H12N2O/c14-13(16)8-10-3-5-11(6-4-10)12-2-1-7-15-9-12/h1-7,9H,8H2,(H2,14,16). The van der Waals surface area contributed by atoms with Gasteiger partial charge < -0.3 is 5.73 Å². The van der Waals surface area contributed by atoms with E-state index in [1.807, 2.05) is 42.6 Å². The summed E-state index contributed by atoms with van der Waals surface area (Å²) in [6, 6.07) is 11.6. The monoisotopic (exact) mass is 212 g/mol. The van der Waals surface area contributed by atoms with E-state index in [1.165, 1.54) is 0 Å². The zero-order valence-corrected chi connectivity index (χ0v) is 8.76. The molecule has 0 aliphatic carbocycles. The highest BCUT2D eigenvalue weighted by molar-refractivity contribution is 5.77. The minimum atomic E-state index is -0.311. The average molecular weight is 212 g/mol. The largest absolute Gasteiger partial charge is 0.369 e. The van der Waals surface area contributed by atoms with Gasteiger partial charge in [0.2, 0.25) is 5.91 Å². The molecule has 0 aliphatic heterocycles. The van der Waals surface area contributed by atoms with Crippen LogP contribution in [-0.2, 0) is 11.2 Å². The third-order valence-electron chi connectivity index (χ3n) is 2.33. The molecular weight excluding hydrogens is 200 g/mol. The molecule has 1 heterocycles. The van der Waals surface area contributed by atoms with E-state index in [9.17, 15) is 4.79 Å². The van der Waals surface area contributed by atoms with Crippen LogP contribution in [0.25, 0.3) is 11.1 Å². The van der Waals surface area contributed by atoms with Crippen LogP contribution in [-0.4, -0.2) is 10.9 Å². The Labute approximate surface area is 93.9 Å². The van der Waals surface area contributed by atoms with E-state index in [-0.39, 0.29) is 12.3 Å². The van der Waals surface area contributed by atoms with Crippen LogP contribution in [0.3, 0.4) is 0 Å². The fraction of sp³-hybridized carbons (Fsp3) is 0.0769. The van der Waals surface area contributed by atoms with Crippen LogP contribution in [0, 0.1) is 0 Å². The van der Waals surface area contributed by atoms with Crippen molar-refractivity contribution in [3.05, 3.63) is 54.4 Å².